The van der Waals surface area contributed by atoms with E-state index in [-0.39, 0.29) is 18.8 Å². The van der Waals surface area contributed by atoms with Crippen molar-refractivity contribution in [1.82, 2.24) is 0 Å². The Morgan fingerprint density at radius 3 is 2.75 bits per heavy atom. The highest BCUT2D eigenvalue weighted by Crippen LogP contribution is 2.22. The van der Waals surface area contributed by atoms with Gasteiger partial charge in [0.15, 0.2) is 5.78 Å². The van der Waals surface area contributed by atoms with Gasteiger partial charge in [-0.05, 0) is 19.1 Å². The molecule has 1 rings (SSSR count). The largest absolute Gasteiger partial charge is 0.465 e. The third-order valence-electron chi connectivity index (χ3n) is 1.84. The summed E-state index contributed by atoms with van der Waals surface area (Å²) in [6.07, 6.45) is -0.0598. The summed E-state index contributed by atoms with van der Waals surface area (Å²) in [4.78, 5) is 23.3. The summed E-state index contributed by atoms with van der Waals surface area (Å²) in [5.74, 6) is -0.754. The molecule has 4 nitrogen and oxygen atoms in total. The van der Waals surface area contributed by atoms with Crippen LogP contribution in [0.15, 0.2) is 12.1 Å². The van der Waals surface area contributed by atoms with Crippen LogP contribution in [0.25, 0.3) is 0 Å². The van der Waals surface area contributed by atoms with Crippen molar-refractivity contribution >= 4 is 34.7 Å². The monoisotopic (exact) mass is 261 g/mol. The maximum absolute atomic E-state index is 11.6. The molecule has 6 heteroatoms. The van der Waals surface area contributed by atoms with Crippen LogP contribution in [0.1, 0.15) is 23.0 Å². The minimum Gasteiger partial charge on any atom is -0.465 e. The summed E-state index contributed by atoms with van der Waals surface area (Å²) < 4.78 is 5.24. The van der Waals surface area contributed by atoms with E-state index in [9.17, 15) is 9.59 Å². The van der Waals surface area contributed by atoms with Gasteiger partial charge in [-0.25, -0.2) is 0 Å². The van der Waals surface area contributed by atoms with Crippen LogP contribution in [0.2, 0.25) is 4.34 Å². The van der Waals surface area contributed by atoms with E-state index in [1.165, 1.54) is 11.3 Å². The Morgan fingerprint density at radius 1 is 1.56 bits per heavy atom. The zero-order valence-corrected chi connectivity index (χ0v) is 10.3. The number of thiophene rings is 1. The molecule has 0 radical (unpaired) electrons. The number of rotatable bonds is 5. The Balaban J connectivity index is 2.54. The lowest BCUT2D eigenvalue weighted by atomic mass is 10.1. The van der Waals surface area contributed by atoms with Crippen molar-refractivity contribution in [3.8, 4) is 0 Å². The highest BCUT2D eigenvalue weighted by molar-refractivity contribution is 7.18. The fraction of sp³-hybridized carbons (Fsp3) is 0.400. The third-order valence-corrected chi connectivity index (χ3v) is 3.11. The number of halogens is 1. The Bertz CT molecular complexity index is 391. The van der Waals surface area contributed by atoms with Crippen LogP contribution in [0.3, 0.4) is 0 Å². The minimum atomic E-state index is -0.909. The molecule has 0 fully saturated rings. The number of esters is 1. The summed E-state index contributed by atoms with van der Waals surface area (Å²) in [7, 11) is 0. The lowest BCUT2D eigenvalue weighted by Crippen LogP contribution is -2.34. The van der Waals surface area contributed by atoms with E-state index in [1.807, 2.05) is 0 Å². The van der Waals surface area contributed by atoms with E-state index in [1.54, 1.807) is 19.1 Å². The molecule has 0 aliphatic heterocycles. The molecular formula is C10H12ClNO3S. The normalized spacial score (nSPS) is 12.2. The highest BCUT2D eigenvalue weighted by atomic mass is 35.5. The van der Waals surface area contributed by atoms with E-state index in [4.69, 9.17) is 22.1 Å². The fourth-order valence-corrected chi connectivity index (χ4v) is 2.09. The van der Waals surface area contributed by atoms with Gasteiger partial charge in [0.2, 0.25) is 0 Å². The van der Waals surface area contributed by atoms with Gasteiger partial charge in [0, 0.05) is 6.42 Å². The molecular weight excluding hydrogens is 250 g/mol. The maximum Gasteiger partial charge on any atom is 0.323 e. The van der Waals surface area contributed by atoms with Crippen molar-refractivity contribution in [2.75, 3.05) is 6.61 Å². The van der Waals surface area contributed by atoms with Crippen LogP contribution < -0.4 is 5.73 Å². The second-order valence-electron chi connectivity index (χ2n) is 3.09. The number of Topliss-reactive ketones (excluding diaryl/α,β-unsaturated/α-hetero) is 1. The SMILES string of the molecule is CCOC(=O)C(N)CC(=O)c1ccc(Cl)s1. The standard InChI is InChI=1S/C10H12ClNO3S/c1-2-15-10(14)6(12)5-7(13)8-3-4-9(11)16-8/h3-4,6H,2,5,12H2,1H3. The van der Waals surface area contributed by atoms with Crippen LogP contribution in [-0.4, -0.2) is 24.4 Å². The van der Waals surface area contributed by atoms with E-state index in [0.717, 1.165) is 0 Å². The molecule has 0 aliphatic carbocycles. The molecule has 0 aromatic carbocycles. The lowest BCUT2D eigenvalue weighted by molar-refractivity contribution is -0.144. The number of carbonyl (C=O) groups is 2. The van der Waals surface area contributed by atoms with Crippen LogP contribution in [0.4, 0.5) is 0 Å². The van der Waals surface area contributed by atoms with E-state index in [0.29, 0.717) is 9.21 Å². The quantitative estimate of drug-likeness (QED) is 0.649. The maximum atomic E-state index is 11.6. The predicted octanol–water partition coefficient (Wildman–Crippen LogP) is 1.86. The molecule has 2 N–H and O–H groups in total. The molecule has 1 atom stereocenters. The molecule has 0 saturated heterocycles. The first-order valence-electron chi connectivity index (χ1n) is 4.75. The van der Waals surface area contributed by atoms with Crippen molar-refractivity contribution in [3.63, 3.8) is 0 Å². The van der Waals surface area contributed by atoms with E-state index in [2.05, 4.69) is 0 Å². The smallest absolute Gasteiger partial charge is 0.323 e. The molecule has 0 saturated carbocycles. The van der Waals surface area contributed by atoms with Gasteiger partial charge in [0.1, 0.15) is 6.04 Å². The average molecular weight is 262 g/mol. The summed E-state index contributed by atoms with van der Waals surface area (Å²) in [6, 6.07) is 2.34. The molecule has 0 amide bonds. The average Bonchev–Trinajstić information content (AvgIpc) is 2.65. The molecule has 0 bridgehead atoms. The van der Waals surface area contributed by atoms with E-state index >= 15 is 0 Å². The number of hydrogen-bond donors (Lipinski definition) is 1. The second-order valence-corrected chi connectivity index (χ2v) is 4.80. The van der Waals surface area contributed by atoms with Crippen molar-refractivity contribution < 1.29 is 14.3 Å². The minimum absolute atomic E-state index is 0.0598. The van der Waals surface area contributed by atoms with Gasteiger partial charge >= 0.3 is 5.97 Å². The fourth-order valence-electron chi connectivity index (χ4n) is 1.10. The number of hydrogen-bond acceptors (Lipinski definition) is 5. The highest BCUT2D eigenvalue weighted by Gasteiger charge is 2.20. The number of ketones is 1. The zero-order chi connectivity index (χ0) is 12.1. The summed E-state index contributed by atoms with van der Waals surface area (Å²) in [6.45, 7) is 1.94. The molecule has 88 valence electrons. The summed E-state index contributed by atoms with van der Waals surface area (Å²) in [5.41, 5.74) is 5.52. The predicted molar refractivity (Wildman–Crippen MR) is 62.9 cm³/mol. The third kappa shape index (κ3) is 3.59. The van der Waals surface area contributed by atoms with Crippen molar-refractivity contribution in [1.29, 1.82) is 0 Å². The second kappa shape index (κ2) is 5.98. The number of nitrogens with two attached hydrogens (primary N) is 1. The zero-order valence-electron chi connectivity index (χ0n) is 8.73. The Morgan fingerprint density at radius 2 is 2.25 bits per heavy atom. The van der Waals surface area contributed by atoms with Gasteiger partial charge in [-0.1, -0.05) is 11.6 Å². The molecule has 1 unspecified atom stereocenters. The lowest BCUT2D eigenvalue weighted by Gasteiger charge is -2.08. The molecule has 16 heavy (non-hydrogen) atoms. The van der Waals surface area contributed by atoms with Crippen molar-refractivity contribution in [3.05, 3.63) is 21.3 Å². The van der Waals surface area contributed by atoms with Gasteiger partial charge < -0.3 is 10.5 Å². The van der Waals surface area contributed by atoms with Gasteiger partial charge in [-0.2, -0.15) is 0 Å². The van der Waals surface area contributed by atoms with Crippen molar-refractivity contribution in [2.24, 2.45) is 5.73 Å². The molecule has 1 heterocycles. The van der Waals surface area contributed by atoms with Crippen LogP contribution in [0.5, 0.6) is 0 Å². The van der Waals surface area contributed by atoms with Gasteiger partial charge in [0.25, 0.3) is 0 Å². The van der Waals surface area contributed by atoms with Gasteiger partial charge in [0.05, 0.1) is 15.8 Å². The van der Waals surface area contributed by atoms with Crippen LogP contribution >= 0.6 is 22.9 Å². The number of ether oxygens (including phenoxy) is 1. The Labute approximate surface area is 102 Å². The first kappa shape index (κ1) is 13.2. The molecule has 0 aliphatic rings. The summed E-state index contributed by atoms with van der Waals surface area (Å²) in [5, 5.41) is 0. The number of carbonyl (C=O) groups excluding carboxylic acids is 2. The molecule has 1 aromatic rings. The first-order chi connectivity index (χ1) is 7.54. The van der Waals surface area contributed by atoms with Gasteiger partial charge in [-0.15, -0.1) is 11.3 Å². The van der Waals surface area contributed by atoms with Crippen LogP contribution in [0, 0.1) is 0 Å². The van der Waals surface area contributed by atoms with Gasteiger partial charge in [-0.3, -0.25) is 9.59 Å². The molecule has 1 aromatic heterocycles. The Kier molecular flexibility index (Phi) is 4.92. The first-order valence-corrected chi connectivity index (χ1v) is 5.94. The van der Waals surface area contributed by atoms with E-state index < -0.39 is 12.0 Å². The topological polar surface area (TPSA) is 69.4 Å². The van der Waals surface area contributed by atoms with Crippen LogP contribution in [-0.2, 0) is 9.53 Å². The summed E-state index contributed by atoms with van der Waals surface area (Å²) >= 11 is 6.87. The van der Waals surface area contributed by atoms with Crippen molar-refractivity contribution in [2.45, 2.75) is 19.4 Å². The molecule has 0 spiro atoms. The Hall–Kier alpha value is -0.910.